The molecule has 0 spiro atoms. The van der Waals surface area contributed by atoms with Gasteiger partial charge in [-0.2, -0.15) is 0 Å². The maximum atomic E-state index is 11.8. The van der Waals surface area contributed by atoms with Crippen molar-refractivity contribution < 1.29 is 14.7 Å². The highest BCUT2D eigenvalue weighted by atomic mass is 16.3. The van der Waals surface area contributed by atoms with Gasteiger partial charge in [-0.05, 0) is 17.4 Å². The lowest BCUT2D eigenvalue weighted by molar-refractivity contribution is -0.117. The standard InChI is InChI=1S/C15H21NO3/c1-15(2,3)12-7-5-11(6-8-12)13(18)14(19)16-9-4-10-17/h5-8,17H,4,9-10H2,1-3H3,(H,16,19). The third-order valence-electron chi connectivity index (χ3n) is 2.84. The molecule has 1 amide bonds. The normalized spacial score (nSPS) is 11.2. The number of carbonyl (C=O) groups excluding carboxylic acids is 2. The molecule has 0 unspecified atom stereocenters. The van der Waals surface area contributed by atoms with Gasteiger partial charge in [0.15, 0.2) is 0 Å². The number of ketones is 1. The highest BCUT2D eigenvalue weighted by Crippen LogP contribution is 2.22. The van der Waals surface area contributed by atoms with Crippen LogP contribution in [0.25, 0.3) is 0 Å². The van der Waals surface area contributed by atoms with Crippen LogP contribution in [0.4, 0.5) is 0 Å². The summed E-state index contributed by atoms with van der Waals surface area (Å²) < 4.78 is 0. The molecule has 104 valence electrons. The Labute approximate surface area is 113 Å². The first-order valence-corrected chi connectivity index (χ1v) is 6.40. The van der Waals surface area contributed by atoms with Crippen LogP contribution in [-0.2, 0) is 10.2 Å². The number of Topliss-reactive ketones (excluding diaryl/α,β-unsaturated/α-hetero) is 1. The number of aliphatic hydroxyl groups excluding tert-OH is 1. The lowest BCUT2D eigenvalue weighted by atomic mass is 9.86. The molecule has 0 radical (unpaired) electrons. The van der Waals surface area contributed by atoms with Crippen molar-refractivity contribution in [1.29, 1.82) is 0 Å². The van der Waals surface area contributed by atoms with Crippen LogP contribution in [0.2, 0.25) is 0 Å². The van der Waals surface area contributed by atoms with E-state index >= 15 is 0 Å². The summed E-state index contributed by atoms with van der Waals surface area (Å²) in [6, 6.07) is 7.09. The molecule has 4 heteroatoms. The van der Waals surface area contributed by atoms with Crippen LogP contribution >= 0.6 is 0 Å². The number of nitrogens with one attached hydrogen (secondary N) is 1. The van der Waals surface area contributed by atoms with E-state index in [4.69, 9.17) is 5.11 Å². The molecule has 1 aromatic carbocycles. The Kier molecular flexibility index (Phi) is 5.24. The van der Waals surface area contributed by atoms with Gasteiger partial charge in [-0.25, -0.2) is 0 Å². The van der Waals surface area contributed by atoms with Crippen LogP contribution in [0.5, 0.6) is 0 Å². The van der Waals surface area contributed by atoms with E-state index in [2.05, 4.69) is 26.1 Å². The Bertz CT molecular complexity index is 443. The van der Waals surface area contributed by atoms with Gasteiger partial charge in [0, 0.05) is 18.7 Å². The fourth-order valence-corrected chi connectivity index (χ4v) is 1.61. The molecule has 0 fully saturated rings. The lowest BCUT2D eigenvalue weighted by Gasteiger charge is -2.18. The molecule has 1 aromatic rings. The number of carbonyl (C=O) groups is 2. The average Bonchev–Trinajstić information content (AvgIpc) is 2.37. The molecular weight excluding hydrogens is 242 g/mol. The van der Waals surface area contributed by atoms with Crippen molar-refractivity contribution in [1.82, 2.24) is 5.32 Å². The summed E-state index contributed by atoms with van der Waals surface area (Å²) in [6.07, 6.45) is 0.446. The van der Waals surface area contributed by atoms with Crippen LogP contribution < -0.4 is 5.32 Å². The van der Waals surface area contributed by atoms with Crippen LogP contribution in [-0.4, -0.2) is 29.9 Å². The smallest absolute Gasteiger partial charge is 0.292 e. The van der Waals surface area contributed by atoms with E-state index in [0.717, 1.165) is 5.56 Å². The molecule has 0 aliphatic rings. The van der Waals surface area contributed by atoms with E-state index in [1.807, 2.05) is 12.1 Å². The third kappa shape index (κ3) is 4.48. The summed E-state index contributed by atoms with van der Waals surface area (Å²) >= 11 is 0. The number of aliphatic hydroxyl groups is 1. The fourth-order valence-electron chi connectivity index (χ4n) is 1.61. The van der Waals surface area contributed by atoms with E-state index in [1.54, 1.807) is 12.1 Å². The number of hydrogen-bond acceptors (Lipinski definition) is 3. The van der Waals surface area contributed by atoms with Gasteiger partial charge < -0.3 is 10.4 Å². The average molecular weight is 263 g/mol. The Morgan fingerprint density at radius 3 is 2.21 bits per heavy atom. The van der Waals surface area contributed by atoms with E-state index in [1.165, 1.54) is 0 Å². The first-order chi connectivity index (χ1) is 8.86. The van der Waals surface area contributed by atoms with Crippen molar-refractivity contribution in [2.45, 2.75) is 32.6 Å². The second kappa shape index (κ2) is 6.48. The van der Waals surface area contributed by atoms with Crippen molar-refractivity contribution in [2.24, 2.45) is 0 Å². The van der Waals surface area contributed by atoms with Crippen molar-refractivity contribution >= 4 is 11.7 Å². The largest absolute Gasteiger partial charge is 0.396 e. The molecule has 1 rings (SSSR count). The van der Waals surface area contributed by atoms with E-state index in [0.29, 0.717) is 18.5 Å². The third-order valence-corrected chi connectivity index (χ3v) is 2.84. The second-order valence-electron chi connectivity index (χ2n) is 5.49. The van der Waals surface area contributed by atoms with Crippen molar-refractivity contribution in [2.75, 3.05) is 13.2 Å². The molecule has 0 aliphatic carbocycles. The monoisotopic (exact) mass is 263 g/mol. The van der Waals surface area contributed by atoms with Crippen molar-refractivity contribution in [3.8, 4) is 0 Å². The molecule has 0 aromatic heterocycles. The van der Waals surface area contributed by atoms with Gasteiger partial charge in [-0.15, -0.1) is 0 Å². The van der Waals surface area contributed by atoms with Gasteiger partial charge >= 0.3 is 0 Å². The zero-order valence-corrected chi connectivity index (χ0v) is 11.7. The Balaban J connectivity index is 2.70. The van der Waals surface area contributed by atoms with Gasteiger partial charge in [0.2, 0.25) is 5.78 Å². The Morgan fingerprint density at radius 2 is 1.74 bits per heavy atom. The lowest BCUT2D eigenvalue weighted by Crippen LogP contribution is -2.32. The molecule has 0 saturated carbocycles. The first-order valence-electron chi connectivity index (χ1n) is 6.40. The summed E-state index contributed by atoms with van der Waals surface area (Å²) in [5, 5.41) is 11.1. The maximum Gasteiger partial charge on any atom is 0.292 e. The predicted octanol–water partition coefficient (Wildman–Crippen LogP) is 1.67. The minimum atomic E-state index is -0.628. The quantitative estimate of drug-likeness (QED) is 0.482. The van der Waals surface area contributed by atoms with Crippen LogP contribution in [0.1, 0.15) is 43.1 Å². The van der Waals surface area contributed by atoms with Gasteiger partial charge in [0.1, 0.15) is 0 Å². The summed E-state index contributed by atoms with van der Waals surface area (Å²) in [4.78, 5) is 23.4. The van der Waals surface area contributed by atoms with Crippen molar-refractivity contribution in [3.63, 3.8) is 0 Å². The number of benzene rings is 1. The molecule has 0 saturated heterocycles. The maximum absolute atomic E-state index is 11.8. The van der Waals surface area contributed by atoms with Gasteiger partial charge in [0.05, 0.1) is 0 Å². The van der Waals surface area contributed by atoms with E-state index in [9.17, 15) is 9.59 Å². The highest BCUT2D eigenvalue weighted by molar-refractivity contribution is 6.42. The molecule has 4 nitrogen and oxygen atoms in total. The topological polar surface area (TPSA) is 66.4 Å². The van der Waals surface area contributed by atoms with Crippen LogP contribution in [0.15, 0.2) is 24.3 Å². The zero-order chi connectivity index (χ0) is 14.5. The minimum absolute atomic E-state index is 0.00521. The summed E-state index contributed by atoms with van der Waals surface area (Å²) in [5.41, 5.74) is 1.52. The first kappa shape index (κ1) is 15.4. The SMILES string of the molecule is CC(C)(C)c1ccc(C(=O)C(=O)NCCCO)cc1. The Hall–Kier alpha value is -1.68. The molecule has 0 aliphatic heterocycles. The zero-order valence-electron chi connectivity index (χ0n) is 11.7. The van der Waals surface area contributed by atoms with Gasteiger partial charge in [-0.1, -0.05) is 45.0 Å². The molecular formula is C15H21NO3. The fraction of sp³-hybridized carbons (Fsp3) is 0.467. The number of hydrogen-bond donors (Lipinski definition) is 2. The van der Waals surface area contributed by atoms with Gasteiger partial charge in [0.25, 0.3) is 5.91 Å². The van der Waals surface area contributed by atoms with Crippen molar-refractivity contribution in [3.05, 3.63) is 35.4 Å². The van der Waals surface area contributed by atoms with Crippen LogP contribution in [0, 0.1) is 0 Å². The molecule has 0 heterocycles. The summed E-state index contributed by atoms with van der Waals surface area (Å²) in [6.45, 7) is 6.57. The van der Waals surface area contributed by atoms with Gasteiger partial charge in [-0.3, -0.25) is 9.59 Å². The van der Waals surface area contributed by atoms with Crippen LogP contribution in [0.3, 0.4) is 0 Å². The second-order valence-corrected chi connectivity index (χ2v) is 5.49. The van der Waals surface area contributed by atoms with E-state index in [-0.39, 0.29) is 12.0 Å². The molecule has 0 bridgehead atoms. The van der Waals surface area contributed by atoms with E-state index < -0.39 is 11.7 Å². The molecule has 0 atom stereocenters. The highest BCUT2D eigenvalue weighted by Gasteiger charge is 2.17. The minimum Gasteiger partial charge on any atom is -0.396 e. The Morgan fingerprint density at radius 1 is 1.16 bits per heavy atom. The summed E-state index contributed by atoms with van der Waals surface area (Å²) in [5.74, 6) is -1.17. The number of amides is 1. The summed E-state index contributed by atoms with van der Waals surface area (Å²) in [7, 11) is 0. The predicted molar refractivity (Wildman–Crippen MR) is 74.2 cm³/mol. The number of rotatable bonds is 5. The molecule has 19 heavy (non-hydrogen) atoms. The molecule has 2 N–H and O–H groups in total.